The number of carbonyl (C=O) groups excluding carboxylic acids is 1. The summed E-state index contributed by atoms with van der Waals surface area (Å²) in [6.45, 7) is 1.89. The Morgan fingerprint density at radius 1 is 1.07 bits per heavy atom. The summed E-state index contributed by atoms with van der Waals surface area (Å²) < 4.78 is 10.8. The fourth-order valence-corrected chi connectivity index (χ4v) is 4.58. The molecule has 2 aliphatic rings. The molecular weight excluding hydrogens is 380 g/mol. The van der Waals surface area contributed by atoms with E-state index in [1.54, 1.807) is 19.2 Å². The van der Waals surface area contributed by atoms with Crippen LogP contribution in [0.25, 0.3) is 0 Å². The number of carbonyl (C=O) groups is 1. The van der Waals surface area contributed by atoms with Crippen LogP contribution in [-0.4, -0.2) is 23.2 Å². The Morgan fingerprint density at radius 3 is 2.47 bits per heavy atom. The lowest BCUT2D eigenvalue weighted by molar-refractivity contribution is -0.116. The lowest BCUT2D eigenvalue weighted by atomic mass is 9.72. The maximum Gasteiger partial charge on any atom is 0.233 e. The van der Waals surface area contributed by atoms with E-state index in [4.69, 9.17) is 9.26 Å². The first kappa shape index (κ1) is 18.5. The van der Waals surface area contributed by atoms with E-state index in [2.05, 4.69) is 10.5 Å². The van der Waals surface area contributed by atoms with E-state index in [1.165, 1.54) is 0 Å². The van der Waals surface area contributed by atoms with Crippen molar-refractivity contribution in [3.63, 3.8) is 0 Å². The van der Waals surface area contributed by atoms with Crippen LogP contribution >= 0.6 is 0 Å². The van der Waals surface area contributed by atoms with Crippen molar-refractivity contribution in [2.45, 2.75) is 31.6 Å². The third kappa shape index (κ3) is 2.96. The molecule has 0 amide bonds. The number of allylic oxidation sites excluding steroid dienone is 2. The second-order valence-corrected chi connectivity index (χ2v) is 7.85. The second kappa shape index (κ2) is 7.06. The minimum Gasteiger partial charge on any atom is -0.508 e. The Morgan fingerprint density at radius 2 is 1.77 bits per heavy atom. The third-order valence-electron chi connectivity index (χ3n) is 6.07. The average molecular weight is 402 g/mol. The van der Waals surface area contributed by atoms with Gasteiger partial charge in [0.15, 0.2) is 5.78 Å². The molecule has 0 spiro atoms. The number of aryl methyl sites for hydroxylation is 1. The highest BCUT2D eigenvalue weighted by atomic mass is 16.5. The van der Waals surface area contributed by atoms with E-state index < -0.39 is 0 Å². The van der Waals surface area contributed by atoms with Crippen molar-refractivity contribution in [2.75, 3.05) is 12.4 Å². The molecule has 152 valence electrons. The largest absolute Gasteiger partial charge is 0.508 e. The normalized spacial score (nSPS) is 20.4. The van der Waals surface area contributed by atoms with Gasteiger partial charge in [0, 0.05) is 23.6 Å². The Labute approximate surface area is 174 Å². The molecule has 1 aromatic heterocycles. The van der Waals surface area contributed by atoms with Crippen LogP contribution in [0.4, 0.5) is 5.88 Å². The molecule has 0 bridgehead atoms. The van der Waals surface area contributed by atoms with Crippen molar-refractivity contribution in [2.24, 2.45) is 0 Å². The standard InChI is InChI=1S/C24H22N2O4/c1-13-21-22(15-3-7-17(27)8-4-15)23-19(25-24(21)30-26-13)11-16(12-20(23)28)14-5-9-18(29-2)10-6-14/h3-10,16,22,25,27H,11-12H2,1-2H3/t16-,22-/m1/s1. The van der Waals surface area contributed by atoms with Crippen LogP contribution in [0, 0.1) is 6.92 Å². The molecule has 6 nitrogen and oxygen atoms in total. The topological polar surface area (TPSA) is 84.6 Å². The van der Waals surface area contributed by atoms with E-state index in [0.717, 1.165) is 39.4 Å². The number of hydrogen-bond donors (Lipinski definition) is 2. The number of phenols is 1. The van der Waals surface area contributed by atoms with Gasteiger partial charge in [-0.2, -0.15) is 0 Å². The number of ether oxygens (including phenoxy) is 1. The quantitative estimate of drug-likeness (QED) is 0.663. The van der Waals surface area contributed by atoms with Crippen molar-refractivity contribution >= 4 is 11.7 Å². The zero-order chi connectivity index (χ0) is 20.8. The smallest absolute Gasteiger partial charge is 0.233 e. The van der Waals surface area contributed by atoms with Gasteiger partial charge in [-0.25, -0.2) is 0 Å². The van der Waals surface area contributed by atoms with Gasteiger partial charge in [-0.3, -0.25) is 4.79 Å². The number of hydrogen-bond acceptors (Lipinski definition) is 6. The molecule has 3 aromatic rings. The van der Waals surface area contributed by atoms with Gasteiger partial charge in [-0.05, 0) is 54.7 Å². The minimum atomic E-state index is -0.257. The average Bonchev–Trinajstić information content (AvgIpc) is 3.13. The van der Waals surface area contributed by atoms with Crippen LogP contribution in [0.5, 0.6) is 11.5 Å². The van der Waals surface area contributed by atoms with E-state index >= 15 is 0 Å². The van der Waals surface area contributed by atoms with Crippen LogP contribution < -0.4 is 10.1 Å². The van der Waals surface area contributed by atoms with E-state index in [1.807, 2.05) is 43.3 Å². The molecule has 0 saturated carbocycles. The molecule has 2 heterocycles. The number of Topliss-reactive ketones (excluding diaryl/α,β-unsaturated/α-hetero) is 1. The van der Waals surface area contributed by atoms with Crippen molar-refractivity contribution in [3.05, 3.63) is 82.2 Å². The Balaban J connectivity index is 1.58. The van der Waals surface area contributed by atoms with E-state index in [9.17, 15) is 9.90 Å². The summed E-state index contributed by atoms with van der Waals surface area (Å²) in [5, 5.41) is 17.2. The second-order valence-electron chi connectivity index (χ2n) is 7.85. The first-order chi connectivity index (χ1) is 14.5. The maximum atomic E-state index is 13.4. The number of anilines is 1. The highest BCUT2D eigenvalue weighted by molar-refractivity contribution is 6.01. The Kier molecular flexibility index (Phi) is 4.35. The zero-order valence-corrected chi connectivity index (χ0v) is 16.8. The number of nitrogens with zero attached hydrogens (tertiary/aromatic N) is 1. The van der Waals surface area contributed by atoms with Gasteiger partial charge in [-0.15, -0.1) is 0 Å². The van der Waals surface area contributed by atoms with Crippen LogP contribution in [0.3, 0.4) is 0 Å². The van der Waals surface area contributed by atoms with Crippen LogP contribution in [0.15, 0.2) is 64.3 Å². The summed E-state index contributed by atoms with van der Waals surface area (Å²) in [5.74, 6) is 1.53. The highest BCUT2D eigenvalue weighted by Gasteiger charge is 2.41. The molecule has 0 saturated heterocycles. The summed E-state index contributed by atoms with van der Waals surface area (Å²) in [5.41, 5.74) is 5.34. The summed E-state index contributed by atoms with van der Waals surface area (Å²) >= 11 is 0. The minimum absolute atomic E-state index is 0.0840. The number of methoxy groups -OCH3 is 1. The molecule has 1 aliphatic heterocycles. The number of nitrogens with one attached hydrogen (secondary N) is 1. The van der Waals surface area contributed by atoms with Gasteiger partial charge >= 0.3 is 0 Å². The number of aromatic nitrogens is 1. The molecule has 0 radical (unpaired) electrons. The Hall–Kier alpha value is -3.54. The molecule has 5 rings (SSSR count). The lowest BCUT2D eigenvalue weighted by Crippen LogP contribution is -2.29. The molecule has 1 aliphatic carbocycles. The van der Waals surface area contributed by atoms with Gasteiger partial charge in [-0.1, -0.05) is 29.4 Å². The van der Waals surface area contributed by atoms with Crippen molar-refractivity contribution < 1.29 is 19.2 Å². The number of ketones is 1. The van der Waals surface area contributed by atoms with E-state index in [0.29, 0.717) is 18.7 Å². The van der Waals surface area contributed by atoms with Gasteiger partial charge in [0.25, 0.3) is 0 Å². The maximum absolute atomic E-state index is 13.4. The van der Waals surface area contributed by atoms with Crippen LogP contribution in [0.2, 0.25) is 0 Å². The van der Waals surface area contributed by atoms with Gasteiger partial charge in [0.1, 0.15) is 11.5 Å². The molecule has 2 aromatic carbocycles. The first-order valence-electron chi connectivity index (χ1n) is 9.97. The molecule has 0 fully saturated rings. The first-order valence-corrected chi connectivity index (χ1v) is 9.97. The molecule has 30 heavy (non-hydrogen) atoms. The van der Waals surface area contributed by atoms with Crippen LogP contribution in [0.1, 0.15) is 47.1 Å². The number of benzene rings is 2. The summed E-state index contributed by atoms with van der Waals surface area (Å²) in [6, 6.07) is 14.9. The third-order valence-corrected chi connectivity index (χ3v) is 6.07. The van der Waals surface area contributed by atoms with Crippen molar-refractivity contribution in [1.82, 2.24) is 5.16 Å². The number of phenolic OH excluding ortho intramolecular Hbond substituents is 1. The summed E-state index contributed by atoms with van der Waals surface area (Å²) in [4.78, 5) is 13.4. The SMILES string of the molecule is COc1ccc([C@H]2CC(=O)C3=C(C2)Nc2onc(C)c2[C@H]3c2ccc(O)cc2)cc1. The number of rotatable bonds is 3. The lowest BCUT2D eigenvalue weighted by Gasteiger charge is -2.34. The predicted molar refractivity (Wildman–Crippen MR) is 112 cm³/mol. The van der Waals surface area contributed by atoms with Crippen molar-refractivity contribution in [3.8, 4) is 11.5 Å². The monoisotopic (exact) mass is 402 g/mol. The molecule has 0 unspecified atom stereocenters. The molecule has 2 N–H and O–H groups in total. The van der Waals surface area contributed by atoms with Gasteiger partial charge in [0.05, 0.1) is 18.4 Å². The van der Waals surface area contributed by atoms with Crippen LogP contribution in [-0.2, 0) is 4.79 Å². The van der Waals surface area contributed by atoms with Gasteiger partial charge in [0.2, 0.25) is 5.88 Å². The molecular formula is C24H22N2O4. The van der Waals surface area contributed by atoms with Crippen molar-refractivity contribution in [1.29, 1.82) is 0 Å². The fourth-order valence-electron chi connectivity index (χ4n) is 4.58. The molecule has 6 heteroatoms. The van der Waals surface area contributed by atoms with E-state index in [-0.39, 0.29) is 23.4 Å². The number of fused-ring (bicyclic) bond motifs is 1. The zero-order valence-electron chi connectivity index (χ0n) is 16.8. The number of aromatic hydroxyl groups is 1. The highest BCUT2D eigenvalue weighted by Crippen LogP contribution is 2.49. The summed E-state index contributed by atoms with van der Waals surface area (Å²) in [7, 11) is 1.64. The molecule has 2 atom stereocenters. The summed E-state index contributed by atoms with van der Waals surface area (Å²) in [6.07, 6.45) is 1.16. The predicted octanol–water partition coefficient (Wildman–Crippen LogP) is 4.66. The van der Waals surface area contributed by atoms with Gasteiger partial charge < -0.3 is 19.7 Å². The Bertz CT molecular complexity index is 1140. The fraction of sp³-hybridized carbons (Fsp3) is 0.250.